The molecule has 1 fully saturated rings. The van der Waals surface area contributed by atoms with Gasteiger partial charge in [0.2, 0.25) is 0 Å². The van der Waals surface area contributed by atoms with Crippen LogP contribution in [0.5, 0.6) is 5.75 Å². The van der Waals surface area contributed by atoms with Crippen LogP contribution < -0.4 is 4.74 Å². The predicted octanol–water partition coefficient (Wildman–Crippen LogP) is 1.61. The molecule has 0 radical (unpaired) electrons. The predicted molar refractivity (Wildman–Crippen MR) is 63.6 cm³/mol. The monoisotopic (exact) mass is 221 g/mol. The Labute approximate surface area is 96.6 Å². The number of likely N-dealkylation sites (tertiary alicyclic amines) is 1. The number of hydrogen-bond acceptors (Lipinski definition) is 3. The lowest BCUT2D eigenvalue weighted by molar-refractivity contribution is -0.0918. The number of rotatable bonds is 3. The van der Waals surface area contributed by atoms with E-state index in [4.69, 9.17) is 4.74 Å². The molecule has 0 unspecified atom stereocenters. The third kappa shape index (κ3) is 2.20. The summed E-state index contributed by atoms with van der Waals surface area (Å²) in [6, 6.07) is 7.74. The van der Waals surface area contributed by atoms with E-state index in [-0.39, 0.29) is 6.10 Å². The van der Waals surface area contributed by atoms with Crippen LogP contribution >= 0.6 is 0 Å². The first kappa shape index (κ1) is 11.4. The molecule has 16 heavy (non-hydrogen) atoms. The molecular weight excluding hydrogens is 202 g/mol. The smallest absolute Gasteiger partial charge is 0.119 e. The maximum atomic E-state index is 10.2. The quantitative estimate of drug-likeness (QED) is 0.841. The highest BCUT2D eigenvalue weighted by atomic mass is 16.5. The second-order valence-electron chi connectivity index (χ2n) is 4.89. The van der Waals surface area contributed by atoms with Crippen LogP contribution in [0.25, 0.3) is 0 Å². The van der Waals surface area contributed by atoms with E-state index >= 15 is 0 Å². The van der Waals surface area contributed by atoms with Gasteiger partial charge in [0.05, 0.1) is 6.10 Å². The Hall–Kier alpha value is -1.06. The molecule has 88 valence electrons. The molecule has 0 aromatic heterocycles. The van der Waals surface area contributed by atoms with E-state index in [0.29, 0.717) is 13.1 Å². The van der Waals surface area contributed by atoms with Crippen LogP contribution in [0.3, 0.4) is 0 Å². The molecule has 1 aromatic rings. The van der Waals surface area contributed by atoms with Gasteiger partial charge in [-0.15, -0.1) is 0 Å². The highest BCUT2D eigenvalue weighted by Gasteiger charge is 2.40. The summed E-state index contributed by atoms with van der Waals surface area (Å²) < 4.78 is 5.56. The molecule has 1 aromatic carbocycles. The van der Waals surface area contributed by atoms with E-state index in [1.807, 2.05) is 45.2 Å². The van der Waals surface area contributed by atoms with Crippen LogP contribution in [-0.2, 0) is 5.60 Å². The average molecular weight is 221 g/mol. The van der Waals surface area contributed by atoms with Crippen LogP contribution in [0, 0.1) is 0 Å². The van der Waals surface area contributed by atoms with E-state index in [1.165, 1.54) is 0 Å². The van der Waals surface area contributed by atoms with Crippen molar-refractivity contribution in [1.29, 1.82) is 0 Å². The molecule has 1 aliphatic rings. The van der Waals surface area contributed by atoms with Gasteiger partial charge in [0.25, 0.3) is 0 Å². The molecule has 0 bridgehead atoms. The Morgan fingerprint density at radius 3 is 2.25 bits per heavy atom. The highest BCUT2D eigenvalue weighted by molar-refractivity contribution is 5.33. The van der Waals surface area contributed by atoms with E-state index in [1.54, 1.807) is 0 Å². The largest absolute Gasteiger partial charge is 0.491 e. The minimum atomic E-state index is -0.662. The molecule has 0 spiro atoms. The highest BCUT2D eigenvalue weighted by Crippen LogP contribution is 2.31. The Morgan fingerprint density at radius 1 is 1.25 bits per heavy atom. The van der Waals surface area contributed by atoms with Crippen LogP contribution in [-0.4, -0.2) is 36.2 Å². The normalized spacial score (nSPS) is 19.6. The van der Waals surface area contributed by atoms with Crippen LogP contribution in [0.4, 0.5) is 0 Å². The lowest BCUT2D eigenvalue weighted by Gasteiger charge is -2.44. The third-order valence-corrected chi connectivity index (χ3v) is 2.83. The number of hydrogen-bond donors (Lipinski definition) is 1. The number of nitrogens with zero attached hydrogens (tertiary/aromatic N) is 1. The summed E-state index contributed by atoms with van der Waals surface area (Å²) in [4.78, 5) is 2.10. The van der Waals surface area contributed by atoms with Gasteiger partial charge in [-0.1, -0.05) is 12.1 Å². The van der Waals surface area contributed by atoms with Crippen LogP contribution in [0.15, 0.2) is 24.3 Å². The molecule has 0 saturated carbocycles. The fourth-order valence-corrected chi connectivity index (χ4v) is 2.15. The fourth-order valence-electron chi connectivity index (χ4n) is 2.15. The average Bonchev–Trinajstić information content (AvgIpc) is 2.15. The van der Waals surface area contributed by atoms with Gasteiger partial charge in [0, 0.05) is 13.1 Å². The molecule has 1 saturated heterocycles. The summed E-state index contributed by atoms with van der Waals surface area (Å²) in [5.74, 6) is 0.857. The molecule has 0 aliphatic carbocycles. The molecule has 1 aliphatic heterocycles. The number of likely N-dealkylation sites (N-methyl/N-ethyl adjacent to an activating group) is 1. The second kappa shape index (κ2) is 4.07. The summed E-state index contributed by atoms with van der Waals surface area (Å²) in [5, 5.41) is 10.2. The minimum Gasteiger partial charge on any atom is -0.491 e. The zero-order valence-electron chi connectivity index (χ0n) is 10.1. The van der Waals surface area contributed by atoms with Gasteiger partial charge in [-0.3, -0.25) is 4.90 Å². The minimum absolute atomic E-state index is 0.184. The van der Waals surface area contributed by atoms with Crippen molar-refractivity contribution >= 4 is 0 Å². The van der Waals surface area contributed by atoms with Crippen molar-refractivity contribution < 1.29 is 9.84 Å². The van der Waals surface area contributed by atoms with Gasteiger partial charge >= 0.3 is 0 Å². The van der Waals surface area contributed by atoms with E-state index in [9.17, 15) is 5.11 Å². The Bertz CT molecular complexity index is 353. The molecule has 2 rings (SSSR count). The van der Waals surface area contributed by atoms with E-state index in [0.717, 1.165) is 11.3 Å². The Balaban J connectivity index is 2.08. The lowest BCUT2D eigenvalue weighted by atomic mass is 9.87. The maximum absolute atomic E-state index is 10.2. The fraction of sp³-hybridized carbons (Fsp3) is 0.538. The second-order valence-corrected chi connectivity index (χ2v) is 4.89. The summed E-state index contributed by atoms with van der Waals surface area (Å²) >= 11 is 0. The van der Waals surface area contributed by atoms with Gasteiger partial charge < -0.3 is 9.84 Å². The van der Waals surface area contributed by atoms with Crippen molar-refractivity contribution in [2.75, 3.05) is 20.1 Å². The lowest BCUT2D eigenvalue weighted by Crippen LogP contribution is -2.57. The maximum Gasteiger partial charge on any atom is 0.119 e. The Kier molecular flexibility index (Phi) is 2.91. The van der Waals surface area contributed by atoms with Gasteiger partial charge in [0.15, 0.2) is 0 Å². The van der Waals surface area contributed by atoms with Gasteiger partial charge in [-0.2, -0.15) is 0 Å². The van der Waals surface area contributed by atoms with E-state index in [2.05, 4.69) is 4.90 Å². The Morgan fingerprint density at radius 2 is 1.81 bits per heavy atom. The summed E-state index contributed by atoms with van der Waals surface area (Å²) in [5.41, 5.74) is 0.312. The number of benzene rings is 1. The van der Waals surface area contributed by atoms with Crippen molar-refractivity contribution in [3.8, 4) is 5.75 Å². The van der Waals surface area contributed by atoms with Crippen molar-refractivity contribution in [3.63, 3.8) is 0 Å². The standard InChI is InChI=1S/C13H19NO2/c1-10(2)16-12-6-4-11(5-7-12)13(15)8-14(3)9-13/h4-7,10,15H,8-9H2,1-3H3. The molecular formula is C13H19NO2. The van der Waals surface area contributed by atoms with Crippen molar-refractivity contribution in [1.82, 2.24) is 4.90 Å². The summed E-state index contributed by atoms with van der Waals surface area (Å²) in [6.45, 7) is 5.42. The van der Waals surface area contributed by atoms with E-state index < -0.39 is 5.60 Å². The number of β-amino-alcohol motifs (C(OH)–C–C–N with tert-alkyl or cyclic N) is 1. The zero-order chi connectivity index (χ0) is 11.8. The van der Waals surface area contributed by atoms with Crippen LogP contribution in [0.2, 0.25) is 0 Å². The van der Waals surface area contributed by atoms with Gasteiger partial charge in [-0.05, 0) is 38.6 Å². The van der Waals surface area contributed by atoms with Crippen molar-refractivity contribution in [2.24, 2.45) is 0 Å². The van der Waals surface area contributed by atoms with Crippen molar-refractivity contribution in [3.05, 3.63) is 29.8 Å². The molecule has 3 heteroatoms. The number of ether oxygens (including phenoxy) is 1. The topological polar surface area (TPSA) is 32.7 Å². The third-order valence-electron chi connectivity index (χ3n) is 2.83. The first-order valence-electron chi connectivity index (χ1n) is 5.68. The van der Waals surface area contributed by atoms with Crippen molar-refractivity contribution in [2.45, 2.75) is 25.6 Å². The summed E-state index contributed by atoms with van der Waals surface area (Å²) in [6.07, 6.45) is 0.184. The molecule has 1 heterocycles. The van der Waals surface area contributed by atoms with Gasteiger partial charge in [-0.25, -0.2) is 0 Å². The summed E-state index contributed by atoms with van der Waals surface area (Å²) in [7, 11) is 2.00. The number of aliphatic hydroxyl groups is 1. The zero-order valence-corrected chi connectivity index (χ0v) is 10.1. The molecule has 0 atom stereocenters. The molecule has 3 nitrogen and oxygen atoms in total. The van der Waals surface area contributed by atoms with Crippen LogP contribution in [0.1, 0.15) is 19.4 Å². The molecule has 1 N–H and O–H groups in total. The molecule has 0 amide bonds. The first-order valence-corrected chi connectivity index (χ1v) is 5.68. The first-order chi connectivity index (χ1) is 7.49. The van der Waals surface area contributed by atoms with Gasteiger partial charge in [0.1, 0.15) is 11.4 Å². The SMILES string of the molecule is CC(C)Oc1ccc(C2(O)CN(C)C2)cc1.